The standard InChI is InChI=1S/C20H34O4S/c1-3-4-5-6-7-8-9-10-11-12-16-20(25(22,23)24)18-14-13-15-19(21)17(18)2/h13-15,20-21H,3-12,16H2,1-2H3,(H,22,23,24). The van der Waals surface area contributed by atoms with Crippen molar-refractivity contribution in [3.05, 3.63) is 29.3 Å². The number of benzene rings is 1. The number of aromatic hydroxyl groups is 1. The van der Waals surface area contributed by atoms with Gasteiger partial charge < -0.3 is 5.11 Å². The van der Waals surface area contributed by atoms with E-state index in [0.717, 1.165) is 19.3 Å². The molecule has 0 saturated carbocycles. The van der Waals surface area contributed by atoms with Gasteiger partial charge in [-0.1, -0.05) is 83.3 Å². The van der Waals surface area contributed by atoms with Crippen molar-refractivity contribution in [2.45, 2.75) is 89.7 Å². The monoisotopic (exact) mass is 370 g/mol. The first kappa shape index (κ1) is 22.0. The third kappa shape index (κ3) is 8.23. The molecule has 144 valence electrons. The molecule has 0 aliphatic heterocycles. The highest BCUT2D eigenvalue weighted by Gasteiger charge is 2.26. The average molecular weight is 371 g/mol. The molecule has 1 aromatic rings. The quantitative estimate of drug-likeness (QED) is 0.333. The Morgan fingerprint density at radius 3 is 1.96 bits per heavy atom. The molecule has 1 rings (SSSR count). The Hall–Kier alpha value is -1.07. The molecule has 2 N–H and O–H groups in total. The molecular weight excluding hydrogens is 336 g/mol. The van der Waals surface area contributed by atoms with E-state index in [2.05, 4.69) is 6.92 Å². The van der Waals surface area contributed by atoms with Crippen molar-refractivity contribution in [1.82, 2.24) is 0 Å². The smallest absolute Gasteiger partial charge is 0.272 e. The molecule has 0 bridgehead atoms. The van der Waals surface area contributed by atoms with Crippen LogP contribution < -0.4 is 0 Å². The highest BCUT2D eigenvalue weighted by Crippen LogP contribution is 2.33. The van der Waals surface area contributed by atoms with Gasteiger partial charge in [0, 0.05) is 0 Å². The molecule has 25 heavy (non-hydrogen) atoms. The second-order valence-electron chi connectivity index (χ2n) is 6.97. The maximum Gasteiger partial charge on any atom is 0.272 e. The van der Waals surface area contributed by atoms with Gasteiger partial charge in [-0.25, -0.2) is 0 Å². The van der Waals surface area contributed by atoms with Crippen molar-refractivity contribution in [1.29, 1.82) is 0 Å². The Kier molecular flexibility index (Phi) is 10.1. The maximum absolute atomic E-state index is 11.8. The van der Waals surface area contributed by atoms with Gasteiger partial charge in [0.15, 0.2) is 0 Å². The summed E-state index contributed by atoms with van der Waals surface area (Å²) in [5, 5.41) is 8.83. The van der Waals surface area contributed by atoms with Gasteiger partial charge in [0.05, 0.1) is 0 Å². The predicted octanol–water partition coefficient (Wildman–Crippen LogP) is 5.94. The number of rotatable bonds is 13. The zero-order valence-electron chi connectivity index (χ0n) is 15.7. The van der Waals surface area contributed by atoms with Crippen LogP contribution in [0.3, 0.4) is 0 Å². The van der Waals surface area contributed by atoms with E-state index in [4.69, 9.17) is 0 Å². The van der Waals surface area contributed by atoms with E-state index in [-0.39, 0.29) is 5.75 Å². The predicted molar refractivity (Wildman–Crippen MR) is 104 cm³/mol. The van der Waals surface area contributed by atoms with E-state index in [1.165, 1.54) is 51.0 Å². The minimum atomic E-state index is -4.18. The second kappa shape index (κ2) is 11.5. The van der Waals surface area contributed by atoms with Gasteiger partial charge in [-0.3, -0.25) is 4.55 Å². The summed E-state index contributed by atoms with van der Waals surface area (Å²) in [5.74, 6) is 0.0641. The fourth-order valence-electron chi connectivity index (χ4n) is 3.27. The molecule has 0 aromatic heterocycles. The van der Waals surface area contributed by atoms with Gasteiger partial charge >= 0.3 is 0 Å². The van der Waals surface area contributed by atoms with Crippen LogP contribution in [0.15, 0.2) is 18.2 Å². The third-order valence-corrected chi connectivity index (χ3v) is 6.08. The fourth-order valence-corrected chi connectivity index (χ4v) is 4.31. The summed E-state index contributed by atoms with van der Waals surface area (Å²) in [5.41, 5.74) is 1.02. The van der Waals surface area contributed by atoms with Crippen LogP contribution in [-0.2, 0) is 10.1 Å². The minimum absolute atomic E-state index is 0.0641. The molecule has 0 aliphatic carbocycles. The number of phenolic OH excluding ortho intramolecular Hbond substituents is 1. The Labute approximate surface area is 153 Å². The fraction of sp³-hybridized carbons (Fsp3) is 0.700. The largest absolute Gasteiger partial charge is 0.508 e. The lowest BCUT2D eigenvalue weighted by Gasteiger charge is -2.17. The summed E-state index contributed by atoms with van der Waals surface area (Å²) in [6.07, 6.45) is 12.2. The molecule has 0 amide bonds. The van der Waals surface area contributed by atoms with Crippen LogP contribution in [-0.4, -0.2) is 18.1 Å². The molecule has 0 aliphatic rings. The van der Waals surface area contributed by atoms with E-state index in [1.807, 2.05) is 0 Å². The van der Waals surface area contributed by atoms with Gasteiger partial charge in [0.2, 0.25) is 0 Å². The maximum atomic E-state index is 11.8. The summed E-state index contributed by atoms with van der Waals surface area (Å²) >= 11 is 0. The van der Waals surface area contributed by atoms with Crippen LogP contribution in [0.25, 0.3) is 0 Å². The van der Waals surface area contributed by atoms with Crippen LogP contribution in [0.1, 0.15) is 93.9 Å². The Balaban J connectivity index is 2.38. The average Bonchev–Trinajstić information content (AvgIpc) is 2.55. The van der Waals surface area contributed by atoms with E-state index in [1.54, 1.807) is 19.1 Å². The van der Waals surface area contributed by atoms with Crippen molar-refractivity contribution in [3.8, 4) is 5.75 Å². The molecule has 1 atom stereocenters. The van der Waals surface area contributed by atoms with Crippen molar-refractivity contribution >= 4 is 10.1 Å². The summed E-state index contributed by atoms with van der Waals surface area (Å²) < 4.78 is 33.1. The zero-order chi connectivity index (χ0) is 18.7. The summed E-state index contributed by atoms with van der Waals surface area (Å²) in [7, 11) is -4.18. The first-order valence-corrected chi connectivity index (χ1v) is 11.1. The SMILES string of the molecule is CCCCCCCCCCCCC(c1cccc(O)c1C)S(=O)(=O)O. The lowest BCUT2D eigenvalue weighted by Crippen LogP contribution is -2.13. The number of hydrogen-bond donors (Lipinski definition) is 2. The van der Waals surface area contributed by atoms with Crippen LogP contribution in [0.5, 0.6) is 5.75 Å². The molecule has 0 spiro atoms. The van der Waals surface area contributed by atoms with Crippen molar-refractivity contribution in [2.24, 2.45) is 0 Å². The van der Waals surface area contributed by atoms with E-state index >= 15 is 0 Å². The van der Waals surface area contributed by atoms with Crippen LogP contribution in [0, 0.1) is 6.92 Å². The lowest BCUT2D eigenvalue weighted by atomic mass is 9.99. The molecule has 0 radical (unpaired) electrons. The van der Waals surface area contributed by atoms with Crippen molar-refractivity contribution < 1.29 is 18.1 Å². The summed E-state index contributed by atoms with van der Waals surface area (Å²) in [4.78, 5) is 0. The lowest BCUT2D eigenvalue weighted by molar-refractivity contribution is 0.454. The number of phenols is 1. The molecule has 1 unspecified atom stereocenters. The Bertz CT molecular complexity index is 596. The van der Waals surface area contributed by atoms with Gasteiger partial charge in [-0.15, -0.1) is 0 Å². The van der Waals surface area contributed by atoms with Crippen LogP contribution in [0.4, 0.5) is 0 Å². The minimum Gasteiger partial charge on any atom is -0.508 e. The Morgan fingerprint density at radius 2 is 1.44 bits per heavy atom. The van der Waals surface area contributed by atoms with Gasteiger partial charge in [0.25, 0.3) is 10.1 Å². The molecule has 4 nitrogen and oxygen atoms in total. The van der Waals surface area contributed by atoms with E-state index in [0.29, 0.717) is 17.5 Å². The van der Waals surface area contributed by atoms with E-state index < -0.39 is 15.4 Å². The molecule has 0 saturated heterocycles. The van der Waals surface area contributed by atoms with Crippen LogP contribution >= 0.6 is 0 Å². The van der Waals surface area contributed by atoms with Crippen molar-refractivity contribution in [3.63, 3.8) is 0 Å². The zero-order valence-corrected chi connectivity index (χ0v) is 16.5. The number of unbranched alkanes of at least 4 members (excludes halogenated alkanes) is 9. The normalized spacial score (nSPS) is 13.1. The van der Waals surface area contributed by atoms with Gasteiger partial charge in [-0.05, 0) is 30.5 Å². The van der Waals surface area contributed by atoms with E-state index in [9.17, 15) is 18.1 Å². The third-order valence-electron chi connectivity index (χ3n) is 4.87. The summed E-state index contributed by atoms with van der Waals surface area (Å²) in [6, 6.07) is 4.82. The number of hydrogen-bond acceptors (Lipinski definition) is 3. The van der Waals surface area contributed by atoms with Gasteiger partial charge in [-0.2, -0.15) is 8.42 Å². The molecule has 0 fully saturated rings. The van der Waals surface area contributed by atoms with Crippen LogP contribution in [0.2, 0.25) is 0 Å². The van der Waals surface area contributed by atoms with Crippen molar-refractivity contribution in [2.75, 3.05) is 0 Å². The highest BCUT2D eigenvalue weighted by atomic mass is 32.2. The molecular formula is C20H34O4S. The first-order valence-electron chi connectivity index (χ1n) is 9.62. The molecule has 5 heteroatoms. The van der Waals surface area contributed by atoms with Gasteiger partial charge in [0.1, 0.15) is 11.0 Å². The highest BCUT2D eigenvalue weighted by molar-refractivity contribution is 7.86. The summed E-state index contributed by atoms with van der Waals surface area (Å²) in [6.45, 7) is 3.90. The first-order chi connectivity index (χ1) is 11.9. The second-order valence-corrected chi connectivity index (χ2v) is 8.56. The topological polar surface area (TPSA) is 74.6 Å². The molecule has 1 aromatic carbocycles. The Morgan fingerprint density at radius 1 is 0.920 bits per heavy atom. The molecule has 0 heterocycles.